The first-order chi connectivity index (χ1) is 44.4. The van der Waals surface area contributed by atoms with Gasteiger partial charge in [-0.05, 0) is 143 Å². The topological polar surface area (TPSA) is 128 Å². The van der Waals surface area contributed by atoms with E-state index in [1.54, 1.807) is 12.1 Å². The van der Waals surface area contributed by atoms with Crippen LogP contribution in [-0.4, -0.2) is 35.4 Å². The van der Waals surface area contributed by atoms with Gasteiger partial charge >= 0.3 is 7.12 Å². The molecule has 0 amide bonds. The zero-order valence-electron chi connectivity index (χ0n) is 54.4. The summed E-state index contributed by atoms with van der Waals surface area (Å²) in [6.07, 6.45) is 27.9. The van der Waals surface area contributed by atoms with E-state index in [9.17, 15) is 19.2 Å². The van der Waals surface area contributed by atoms with Crippen LogP contribution in [0.4, 0.5) is 0 Å². The van der Waals surface area contributed by atoms with Crippen LogP contribution in [0.25, 0.3) is 76.6 Å². The standard InChI is InChI=1S/C44H50N2O2.C24H36Br2N2O2.C10H9BO2/c1-3-5-7-9-11-17-27-45-41-31-40(38-26-24-34-20-14-16-22-36(34)30-38)44(48)46(28-18-12-10-8-6-4-2)42(41)32-39(43(45)47)37-25-23-33-19-13-15-21-35(33)29-37;1-3-5-7-9-11-13-15-27-21-17-20(26)24(30)28(16-14-12-10-8-6-4-2)22(21)18-19(25)23(27)29;12-11(13)10-6-5-8-3-1-2-4-9(8)7-10/h13-16,19-26,29-32H,3-12,17-18,27-28H2,1-2H3;17-18H,3-16H2,1-2H3;1-7,12-13H. The predicted molar refractivity (Wildman–Crippen MR) is 393 cm³/mol. The summed E-state index contributed by atoms with van der Waals surface area (Å²) in [5, 5.41) is 24.5. The Labute approximate surface area is 555 Å². The largest absolute Gasteiger partial charge is 0.488 e. The Morgan fingerprint density at radius 3 is 0.912 bits per heavy atom. The molecule has 4 aromatic heterocycles. The zero-order chi connectivity index (χ0) is 64.5. The van der Waals surface area contributed by atoms with Gasteiger partial charge in [0.25, 0.3) is 22.2 Å². The third-order valence-electron chi connectivity index (χ3n) is 17.8. The van der Waals surface area contributed by atoms with Gasteiger partial charge in [0.2, 0.25) is 0 Å². The fourth-order valence-electron chi connectivity index (χ4n) is 12.5. The monoisotopic (exact) mass is 1350 g/mol. The Hall–Kier alpha value is -6.64. The molecule has 0 atom stereocenters. The molecule has 0 fully saturated rings. The van der Waals surface area contributed by atoms with Crippen molar-refractivity contribution in [2.75, 3.05) is 0 Å². The van der Waals surface area contributed by atoms with Crippen molar-refractivity contribution < 1.29 is 10.0 Å². The average molecular weight is 1360 g/mol. The number of pyridine rings is 4. The first-order valence-corrected chi connectivity index (χ1v) is 35.7. The Morgan fingerprint density at radius 2 is 0.582 bits per heavy atom. The minimum atomic E-state index is -1.38. The van der Waals surface area contributed by atoms with E-state index >= 15 is 0 Å². The first-order valence-electron chi connectivity index (χ1n) is 34.1. The van der Waals surface area contributed by atoms with E-state index in [4.69, 9.17) is 10.0 Å². The van der Waals surface area contributed by atoms with Crippen LogP contribution in [0.15, 0.2) is 180 Å². The maximum absolute atomic E-state index is 14.5. The minimum Gasteiger partial charge on any atom is -0.423 e. The van der Waals surface area contributed by atoms with Crippen LogP contribution in [0.5, 0.6) is 0 Å². The Morgan fingerprint density at radius 1 is 0.308 bits per heavy atom. The van der Waals surface area contributed by atoms with Crippen molar-refractivity contribution in [2.45, 2.75) is 208 Å². The van der Waals surface area contributed by atoms with E-state index in [1.165, 1.54) is 103 Å². The molecule has 0 aliphatic rings. The second kappa shape index (κ2) is 36.6. The molecule has 91 heavy (non-hydrogen) atoms. The van der Waals surface area contributed by atoms with E-state index in [0.717, 1.165) is 117 Å². The van der Waals surface area contributed by atoms with Gasteiger partial charge in [0, 0.05) is 37.3 Å². The van der Waals surface area contributed by atoms with Gasteiger partial charge in [-0.2, -0.15) is 0 Å². The first kappa shape index (κ1) is 70.2. The van der Waals surface area contributed by atoms with Crippen LogP contribution in [-0.2, 0) is 26.2 Å². The summed E-state index contributed by atoms with van der Waals surface area (Å²) in [7, 11) is -1.38. The molecular weight excluding hydrogens is 1260 g/mol. The zero-order valence-corrected chi connectivity index (χ0v) is 57.6. The molecule has 13 heteroatoms. The lowest BCUT2D eigenvalue weighted by molar-refractivity contribution is 0.426. The number of fused-ring (bicyclic) bond motifs is 5. The molecule has 10 nitrogen and oxygen atoms in total. The van der Waals surface area contributed by atoms with Crippen LogP contribution in [0.2, 0.25) is 0 Å². The minimum absolute atomic E-state index is 0.0144. The van der Waals surface area contributed by atoms with Gasteiger partial charge in [-0.25, -0.2) is 0 Å². The summed E-state index contributed by atoms with van der Waals surface area (Å²) in [6.45, 7) is 11.5. The summed E-state index contributed by atoms with van der Waals surface area (Å²) >= 11 is 6.88. The van der Waals surface area contributed by atoms with Crippen LogP contribution in [0.3, 0.4) is 0 Å². The maximum atomic E-state index is 14.5. The second-order valence-electron chi connectivity index (χ2n) is 24.6. The van der Waals surface area contributed by atoms with E-state index in [2.05, 4.69) is 120 Å². The molecule has 10 aromatic rings. The highest BCUT2D eigenvalue weighted by Gasteiger charge is 2.20. The summed E-state index contributed by atoms with van der Waals surface area (Å²) in [6, 6.07) is 49.9. The van der Waals surface area contributed by atoms with Gasteiger partial charge in [0.05, 0.1) is 31.0 Å². The van der Waals surface area contributed by atoms with E-state index in [-0.39, 0.29) is 22.2 Å². The summed E-state index contributed by atoms with van der Waals surface area (Å²) in [4.78, 5) is 54.7. The van der Waals surface area contributed by atoms with Crippen molar-refractivity contribution in [2.24, 2.45) is 0 Å². The molecule has 0 aliphatic carbocycles. The molecular formula is C78H95BBr2N4O6. The highest BCUT2D eigenvalue weighted by Crippen LogP contribution is 2.30. The SMILES string of the molecule is CCCCCCCCn1c(=O)c(-c2ccc3ccccc3c2)cc2c1cc(-c1ccc3ccccc3c1)c(=O)n2CCCCCCCC.CCCCCCCCn1c(=O)c(Br)cc2c1cc(Br)c(=O)n2CCCCCCCC.OB(O)c1ccc2ccccc2c1. The maximum Gasteiger partial charge on any atom is 0.488 e. The van der Waals surface area contributed by atoms with Gasteiger partial charge in [-0.15, -0.1) is 0 Å². The number of hydrogen-bond acceptors (Lipinski definition) is 6. The number of nitrogens with zero attached hydrogens (tertiary/aromatic N) is 4. The lowest BCUT2D eigenvalue weighted by Crippen LogP contribution is -2.29. The van der Waals surface area contributed by atoms with Crippen LogP contribution in [0.1, 0.15) is 182 Å². The number of hydrogen-bond donors (Lipinski definition) is 2. The van der Waals surface area contributed by atoms with Crippen LogP contribution < -0.4 is 27.7 Å². The highest BCUT2D eigenvalue weighted by molar-refractivity contribution is 9.10. The lowest BCUT2D eigenvalue weighted by Gasteiger charge is -2.19. The summed E-state index contributed by atoms with van der Waals surface area (Å²) in [5.41, 5.74) is 7.02. The molecule has 4 heterocycles. The Bertz CT molecular complexity index is 4000. The van der Waals surface area contributed by atoms with Gasteiger partial charge in [0.15, 0.2) is 0 Å². The number of rotatable bonds is 31. The lowest BCUT2D eigenvalue weighted by atomic mass is 9.79. The molecule has 0 radical (unpaired) electrons. The van der Waals surface area contributed by atoms with Crippen molar-refractivity contribution in [3.63, 3.8) is 0 Å². The predicted octanol–water partition coefficient (Wildman–Crippen LogP) is 19.5. The Kier molecular flexibility index (Phi) is 28.2. The number of benzene rings is 6. The van der Waals surface area contributed by atoms with E-state index in [0.29, 0.717) is 51.7 Å². The van der Waals surface area contributed by atoms with Gasteiger partial charge < -0.3 is 28.3 Å². The van der Waals surface area contributed by atoms with Crippen molar-refractivity contribution in [1.29, 1.82) is 0 Å². The molecule has 0 bridgehead atoms. The summed E-state index contributed by atoms with van der Waals surface area (Å²) in [5.74, 6) is 0. The number of aromatic nitrogens is 4. The number of aryl methyl sites for hydroxylation is 4. The molecule has 0 unspecified atom stereocenters. The van der Waals surface area contributed by atoms with Crippen molar-refractivity contribution in [3.8, 4) is 22.3 Å². The van der Waals surface area contributed by atoms with Crippen molar-refractivity contribution in [3.05, 3.63) is 202 Å². The van der Waals surface area contributed by atoms with E-state index in [1.807, 2.05) is 97.1 Å². The molecule has 480 valence electrons. The summed E-state index contributed by atoms with van der Waals surface area (Å²) < 4.78 is 8.67. The molecule has 0 saturated heterocycles. The van der Waals surface area contributed by atoms with Gasteiger partial charge in [-0.3, -0.25) is 19.2 Å². The normalized spacial score (nSPS) is 11.4. The van der Waals surface area contributed by atoms with Crippen LogP contribution >= 0.6 is 31.9 Å². The smallest absolute Gasteiger partial charge is 0.423 e. The number of unbranched alkanes of at least 4 members (excludes halogenated alkanes) is 20. The fourth-order valence-corrected chi connectivity index (χ4v) is 13.4. The van der Waals surface area contributed by atoms with Gasteiger partial charge in [-0.1, -0.05) is 271 Å². The number of halogens is 2. The third kappa shape index (κ3) is 19.2. The molecule has 0 saturated carbocycles. The third-order valence-corrected chi connectivity index (χ3v) is 18.9. The van der Waals surface area contributed by atoms with Crippen molar-refractivity contribution >= 4 is 98.8 Å². The molecule has 6 aromatic carbocycles. The van der Waals surface area contributed by atoms with Gasteiger partial charge in [0.1, 0.15) is 0 Å². The second-order valence-corrected chi connectivity index (χ2v) is 26.4. The molecule has 0 spiro atoms. The Balaban J connectivity index is 0.000000209. The molecule has 2 N–H and O–H groups in total. The quantitative estimate of drug-likeness (QED) is 0.0329. The molecule has 0 aliphatic heterocycles. The molecule has 10 rings (SSSR count). The van der Waals surface area contributed by atoms with Crippen LogP contribution in [0, 0.1) is 0 Å². The fraction of sp³-hybridized carbons (Fsp3) is 0.410. The highest BCUT2D eigenvalue weighted by atomic mass is 79.9. The van der Waals surface area contributed by atoms with E-state index < -0.39 is 7.12 Å². The average Bonchev–Trinajstić information content (AvgIpc) is 0.786. The van der Waals surface area contributed by atoms with Crippen molar-refractivity contribution in [1.82, 2.24) is 18.3 Å².